The van der Waals surface area contributed by atoms with E-state index in [9.17, 15) is 0 Å². The van der Waals surface area contributed by atoms with Crippen LogP contribution in [0.5, 0.6) is 0 Å². The first kappa shape index (κ1) is 12.0. The van der Waals surface area contributed by atoms with E-state index >= 15 is 0 Å². The van der Waals surface area contributed by atoms with E-state index < -0.39 is 0 Å². The minimum Gasteiger partial charge on any atom is -0.123 e. The van der Waals surface area contributed by atoms with Crippen molar-refractivity contribution < 1.29 is 0 Å². The molecule has 1 heteroatoms. The van der Waals surface area contributed by atoms with Crippen molar-refractivity contribution in [2.75, 3.05) is 0 Å². The van der Waals surface area contributed by atoms with Gasteiger partial charge in [0.25, 0.3) is 0 Å². The van der Waals surface area contributed by atoms with E-state index in [4.69, 9.17) is 11.6 Å². The fourth-order valence-corrected chi connectivity index (χ4v) is 3.40. The lowest BCUT2D eigenvalue weighted by molar-refractivity contribution is 0.277. The highest BCUT2D eigenvalue weighted by Crippen LogP contribution is 2.58. The molecule has 0 amide bonds. The van der Waals surface area contributed by atoms with E-state index in [1.54, 1.807) is 0 Å². The Kier molecular flexibility index (Phi) is 3.30. The Hall–Kier alpha value is -0.490. The molecule has 0 radical (unpaired) electrons. The third-order valence-electron chi connectivity index (χ3n) is 3.83. The van der Waals surface area contributed by atoms with Crippen molar-refractivity contribution in [3.8, 4) is 0 Å². The summed E-state index contributed by atoms with van der Waals surface area (Å²) in [5.74, 6) is 1.59. The molecule has 16 heavy (non-hydrogen) atoms. The normalized spacial score (nSPS) is 26.5. The van der Waals surface area contributed by atoms with E-state index in [0.29, 0.717) is 5.41 Å². The zero-order chi connectivity index (χ0) is 11.8. The number of halogens is 1. The first-order valence-corrected chi connectivity index (χ1v) is 6.63. The highest BCUT2D eigenvalue weighted by Gasteiger charge is 2.48. The second-order valence-electron chi connectivity index (χ2n) is 5.83. The maximum atomic E-state index is 6.13. The van der Waals surface area contributed by atoms with Crippen LogP contribution in [-0.2, 0) is 0 Å². The fraction of sp³-hybridized carbons (Fsp3) is 0.600. The average Bonchev–Trinajstić information content (AvgIpc) is 2.97. The summed E-state index contributed by atoms with van der Waals surface area (Å²) in [4.78, 5) is 0. The molecule has 0 spiro atoms. The molecule has 3 unspecified atom stereocenters. The molecule has 0 heterocycles. The van der Waals surface area contributed by atoms with Gasteiger partial charge in [-0.05, 0) is 42.6 Å². The van der Waals surface area contributed by atoms with E-state index in [2.05, 4.69) is 51.1 Å². The lowest BCUT2D eigenvalue weighted by Crippen LogP contribution is -2.19. The molecule has 1 saturated carbocycles. The average molecular weight is 237 g/mol. The molecule has 0 nitrogen and oxygen atoms in total. The summed E-state index contributed by atoms with van der Waals surface area (Å²) >= 11 is 6.13. The molecule has 1 aliphatic rings. The molecule has 1 aliphatic carbocycles. The van der Waals surface area contributed by atoms with Gasteiger partial charge in [-0.25, -0.2) is 0 Å². The SMILES string of the molecule is CC(Cl)CC(C)(C)C1CC1c1ccccc1. The van der Waals surface area contributed by atoms with Crippen LogP contribution in [0.2, 0.25) is 0 Å². The number of hydrogen-bond acceptors (Lipinski definition) is 0. The quantitative estimate of drug-likeness (QED) is 0.657. The molecule has 0 aliphatic heterocycles. The summed E-state index contributed by atoms with van der Waals surface area (Å²) in [6.45, 7) is 6.82. The van der Waals surface area contributed by atoms with Crippen LogP contribution in [0.15, 0.2) is 30.3 Å². The summed E-state index contributed by atoms with van der Waals surface area (Å²) < 4.78 is 0. The maximum absolute atomic E-state index is 6.13. The van der Waals surface area contributed by atoms with Gasteiger partial charge in [0.15, 0.2) is 0 Å². The topological polar surface area (TPSA) is 0 Å². The second kappa shape index (κ2) is 4.41. The summed E-state index contributed by atoms with van der Waals surface area (Å²) in [6, 6.07) is 10.9. The van der Waals surface area contributed by atoms with Gasteiger partial charge in [0, 0.05) is 5.38 Å². The van der Waals surface area contributed by atoms with Crippen molar-refractivity contribution in [3.05, 3.63) is 35.9 Å². The van der Waals surface area contributed by atoms with Crippen LogP contribution < -0.4 is 0 Å². The second-order valence-corrected chi connectivity index (χ2v) is 6.58. The summed E-state index contributed by atoms with van der Waals surface area (Å²) in [5.41, 5.74) is 1.88. The summed E-state index contributed by atoms with van der Waals surface area (Å²) in [7, 11) is 0. The van der Waals surface area contributed by atoms with Crippen molar-refractivity contribution >= 4 is 11.6 Å². The molecule has 3 atom stereocenters. The number of benzene rings is 1. The smallest absolute Gasteiger partial charge is 0.0313 e. The van der Waals surface area contributed by atoms with E-state index in [-0.39, 0.29) is 5.38 Å². The molecule has 0 bridgehead atoms. The van der Waals surface area contributed by atoms with Crippen LogP contribution >= 0.6 is 11.6 Å². The zero-order valence-electron chi connectivity index (χ0n) is 10.4. The number of hydrogen-bond donors (Lipinski definition) is 0. The Bertz CT molecular complexity index is 340. The van der Waals surface area contributed by atoms with Crippen LogP contribution in [-0.4, -0.2) is 5.38 Å². The predicted octanol–water partition coefficient (Wildman–Crippen LogP) is 4.83. The molecular weight excluding hydrogens is 216 g/mol. The van der Waals surface area contributed by atoms with Gasteiger partial charge in [-0.1, -0.05) is 44.2 Å². The minimum atomic E-state index is 0.284. The predicted molar refractivity (Wildman–Crippen MR) is 71.0 cm³/mol. The van der Waals surface area contributed by atoms with Crippen molar-refractivity contribution in [3.63, 3.8) is 0 Å². The van der Waals surface area contributed by atoms with Gasteiger partial charge in [0.2, 0.25) is 0 Å². The number of rotatable bonds is 4. The van der Waals surface area contributed by atoms with Gasteiger partial charge in [0.05, 0.1) is 0 Å². The molecule has 1 fully saturated rings. The highest BCUT2D eigenvalue weighted by molar-refractivity contribution is 6.20. The van der Waals surface area contributed by atoms with E-state index in [0.717, 1.165) is 18.3 Å². The standard InChI is InChI=1S/C15H21Cl/c1-11(16)10-15(2,3)14-9-13(14)12-7-5-4-6-8-12/h4-8,11,13-14H,9-10H2,1-3H3. The third kappa shape index (κ3) is 2.60. The Morgan fingerprint density at radius 2 is 1.94 bits per heavy atom. The Labute approximate surface area is 104 Å². The van der Waals surface area contributed by atoms with E-state index in [1.807, 2.05) is 0 Å². The van der Waals surface area contributed by atoms with Crippen molar-refractivity contribution in [2.45, 2.75) is 44.9 Å². The number of alkyl halides is 1. The van der Waals surface area contributed by atoms with Crippen LogP contribution in [0, 0.1) is 11.3 Å². The van der Waals surface area contributed by atoms with Crippen LogP contribution in [0.4, 0.5) is 0 Å². The molecule has 88 valence electrons. The lowest BCUT2D eigenvalue weighted by Gasteiger charge is -2.26. The van der Waals surface area contributed by atoms with Gasteiger partial charge < -0.3 is 0 Å². The fourth-order valence-electron chi connectivity index (χ4n) is 3.00. The van der Waals surface area contributed by atoms with Gasteiger partial charge in [-0.3, -0.25) is 0 Å². The van der Waals surface area contributed by atoms with Gasteiger partial charge >= 0.3 is 0 Å². The zero-order valence-corrected chi connectivity index (χ0v) is 11.2. The van der Waals surface area contributed by atoms with Crippen LogP contribution in [0.3, 0.4) is 0 Å². The largest absolute Gasteiger partial charge is 0.123 e. The van der Waals surface area contributed by atoms with Gasteiger partial charge in [0.1, 0.15) is 0 Å². The minimum absolute atomic E-state index is 0.284. The van der Waals surface area contributed by atoms with Gasteiger partial charge in [-0.2, -0.15) is 0 Å². The molecule has 1 aromatic rings. The summed E-state index contributed by atoms with van der Waals surface area (Å²) in [6.07, 6.45) is 2.45. The monoisotopic (exact) mass is 236 g/mol. The van der Waals surface area contributed by atoms with Gasteiger partial charge in [-0.15, -0.1) is 11.6 Å². The molecular formula is C15H21Cl. The molecule has 1 aromatic carbocycles. The first-order valence-electron chi connectivity index (χ1n) is 6.20. The maximum Gasteiger partial charge on any atom is 0.0313 e. The first-order chi connectivity index (χ1) is 7.50. The Balaban J connectivity index is 2.01. The highest BCUT2D eigenvalue weighted by atomic mass is 35.5. The van der Waals surface area contributed by atoms with Crippen LogP contribution in [0.1, 0.15) is 45.1 Å². The molecule has 2 rings (SSSR count). The van der Waals surface area contributed by atoms with E-state index in [1.165, 1.54) is 12.0 Å². The Morgan fingerprint density at radius 1 is 1.31 bits per heavy atom. The summed E-state index contributed by atoms with van der Waals surface area (Å²) in [5, 5.41) is 0.284. The third-order valence-corrected chi connectivity index (χ3v) is 3.98. The van der Waals surface area contributed by atoms with Crippen molar-refractivity contribution in [1.29, 1.82) is 0 Å². The molecule has 0 N–H and O–H groups in total. The van der Waals surface area contributed by atoms with Crippen molar-refractivity contribution in [1.82, 2.24) is 0 Å². The molecule has 0 aromatic heterocycles. The Morgan fingerprint density at radius 3 is 2.50 bits per heavy atom. The molecule has 0 saturated heterocycles. The lowest BCUT2D eigenvalue weighted by atomic mass is 9.81. The van der Waals surface area contributed by atoms with Crippen molar-refractivity contribution in [2.24, 2.45) is 11.3 Å². The van der Waals surface area contributed by atoms with Crippen LogP contribution in [0.25, 0.3) is 0 Å².